The maximum Gasteiger partial charge on any atom is 0.282 e. The second-order valence-electron chi connectivity index (χ2n) is 4.85. The Morgan fingerprint density at radius 3 is 2.58 bits per heavy atom. The Balaban J connectivity index is 1.95. The number of allylic oxidation sites excluding steroid dienone is 4. The van der Waals surface area contributed by atoms with Crippen molar-refractivity contribution in [1.29, 1.82) is 0 Å². The van der Waals surface area contributed by atoms with Gasteiger partial charge in [0.25, 0.3) is 10.0 Å². The Labute approximate surface area is 111 Å². The first-order chi connectivity index (χ1) is 8.89. The van der Waals surface area contributed by atoms with Crippen LogP contribution in [-0.2, 0) is 10.0 Å². The summed E-state index contributed by atoms with van der Waals surface area (Å²) in [4.78, 5) is 0.144. The van der Waals surface area contributed by atoms with E-state index in [4.69, 9.17) is 0 Å². The van der Waals surface area contributed by atoms with E-state index in [9.17, 15) is 12.8 Å². The highest BCUT2D eigenvalue weighted by Crippen LogP contribution is 2.49. The van der Waals surface area contributed by atoms with Gasteiger partial charge in [-0.15, -0.1) is 0 Å². The number of benzene rings is 1. The number of hydrogen-bond donors (Lipinski definition) is 0. The van der Waals surface area contributed by atoms with E-state index in [0.717, 1.165) is 5.56 Å². The van der Waals surface area contributed by atoms with E-state index in [1.54, 1.807) is 12.1 Å². The van der Waals surface area contributed by atoms with Gasteiger partial charge >= 0.3 is 0 Å². The number of fused-ring (bicyclic) bond motifs is 1. The molecule has 2 aliphatic carbocycles. The number of aryl methyl sites for hydroxylation is 1. The molecule has 3 nitrogen and oxygen atoms in total. The van der Waals surface area contributed by atoms with Crippen LogP contribution in [0.1, 0.15) is 12.0 Å². The van der Waals surface area contributed by atoms with Gasteiger partial charge in [0.05, 0.1) is 10.6 Å². The lowest BCUT2D eigenvalue weighted by Crippen LogP contribution is -2.06. The van der Waals surface area contributed by atoms with Crippen molar-refractivity contribution in [3.8, 4) is 0 Å². The molecule has 3 rings (SSSR count). The predicted molar refractivity (Wildman–Crippen MR) is 71.5 cm³/mol. The van der Waals surface area contributed by atoms with E-state index in [1.165, 1.54) is 30.4 Å². The van der Waals surface area contributed by atoms with Crippen LogP contribution in [0.15, 0.2) is 57.4 Å². The molecule has 0 saturated heterocycles. The molecule has 0 N–H and O–H groups in total. The number of halogens is 1. The SMILES string of the molecule is Cc1ccc(S(=O)(=O)/N=C2/C=CC3(F)CC3=C2)cc1. The van der Waals surface area contributed by atoms with Gasteiger partial charge in [0, 0.05) is 6.42 Å². The third-order valence-corrected chi connectivity index (χ3v) is 4.56. The Hall–Kier alpha value is -1.75. The first-order valence-electron chi connectivity index (χ1n) is 5.90. The smallest absolute Gasteiger partial charge is 0.234 e. The van der Waals surface area contributed by atoms with Crippen molar-refractivity contribution in [2.24, 2.45) is 4.40 Å². The molecule has 0 aliphatic heterocycles. The first kappa shape index (κ1) is 12.3. The fraction of sp³-hybridized carbons (Fsp3) is 0.214. The number of rotatable bonds is 2. The molecule has 1 saturated carbocycles. The summed E-state index contributed by atoms with van der Waals surface area (Å²) >= 11 is 0. The fourth-order valence-electron chi connectivity index (χ4n) is 1.97. The molecule has 1 aromatic carbocycles. The monoisotopic (exact) mass is 277 g/mol. The first-order valence-corrected chi connectivity index (χ1v) is 7.34. The normalized spacial score (nSPS) is 27.1. The average Bonchev–Trinajstić information content (AvgIpc) is 3.00. The number of alkyl halides is 1. The van der Waals surface area contributed by atoms with Gasteiger partial charge in [-0.3, -0.25) is 0 Å². The lowest BCUT2D eigenvalue weighted by Gasteiger charge is -2.04. The molecule has 0 aromatic heterocycles. The van der Waals surface area contributed by atoms with Crippen LogP contribution in [0, 0.1) is 6.92 Å². The molecule has 1 aromatic rings. The van der Waals surface area contributed by atoms with Crippen LogP contribution in [0.5, 0.6) is 0 Å². The maximum absolute atomic E-state index is 13.6. The molecule has 1 unspecified atom stereocenters. The predicted octanol–water partition coefficient (Wildman–Crippen LogP) is 2.73. The van der Waals surface area contributed by atoms with Crippen LogP contribution in [-0.4, -0.2) is 19.8 Å². The molecule has 0 bridgehead atoms. The standard InChI is InChI=1S/C14H12FNO2S/c1-10-2-4-13(5-3-10)19(17,18)16-12-6-7-14(15)9-11(14)8-12/h2-8H,9H2,1H3/b16-12-. The average molecular weight is 277 g/mol. The fourth-order valence-corrected chi connectivity index (χ4v) is 2.95. The van der Waals surface area contributed by atoms with Crippen molar-refractivity contribution in [2.75, 3.05) is 0 Å². The van der Waals surface area contributed by atoms with Gasteiger partial charge in [-0.2, -0.15) is 12.8 Å². The van der Waals surface area contributed by atoms with E-state index in [1.807, 2.05) is 6.92 Å². The topological polar surface area (TPSA) is 46.5 Å². The van der Waals surface area contributed by atoms with Crippen molar-refractivity contribution in [2.45, 2.75) is 23.9 Å². The van der Waals surface area contributed by atoms with Gasteiger partial charge < -0.3 is 0 Å². The summed E-state index contributed by atoms with van der Waals surface area (Å²) < 4.78 is 41.4. The van der Waals surface area contributed by atoms with Crippen molar-refractivity contribution in [1.82, 2.24) is 0 Å². The second kappa shape index (κ2) is 3.87. The van der Waals surface area contributed by atoms with Crippen molar-refractivity contribution in [3.63, 3.8) is 0 Å². The van der Waals surface area contributed by atoms with E-state index in [2.05, 4.69) is 4.40 Å². The lowest BCUT2D eigenvalue weighted by molar-refractivity contribution is 0.397. The maximum atomic E-state index is 13.6. The van der Waals surface area contributed by atoms with Gasteiger partial charge in [-0.1, -0.05) is 17.7 Å². The summed E-state index contributed by atoms with van der Waals surface area (Å²) in [6, 6.07) is 6.47. The van der Waals surface area contributed by atoms with Gasteiger partial charge in [0.15, 0.2) is 5.67 Å². The van der Waals surface area contributed by atoms with Crippen LogP contribution >= 0.6 is 0 Å². The van der Waals surface area contributed by atoms with Gasteiger partial charge in [0.1, 0.15) is 0 Å². The van der Waals surface area contributed by atoms with Crippen LogP contribution < -0.4 is 0 Å². The quantitative estimate of drug-likeness (QED) is 0.834. The Bertz CT molecular complexity index is 729. The molecule has 2 aliphatic rings. The summed E-state index contributed by atoms with van der Waals surface area (Å²) in [7, 11) is -3.73. The third kappa shape index (κ3) is 2.26. The molecular formula is C14H12FNO2S. The van der Waals surface area contributed by atoms with E-state index in [0.29, 0.717) is 12.0 Å². The van der Waals surface area contributed by atoms with Crippen LogP contribution in [0.4, 0.5) is 4.39 Å². The number of nitrogens with zero attached hydrogens (tertiary/aromatic N) is 1. The molecular weight excluding hydrogens is 265 g/mol. The molecule has 98 valence electrons. The summed E-state index contributed by atoms with van der Waals surface area (Å²) in [5.41, 5.74) is 0.507. The van der Waals surface area contributed by atoms with Crippen molar-refractivity contribution < 1.29 is 12.8 Å². The molecule has 19 heavy (non-hydrogen) atoms. The molecule has 0 amide bonds. The summed E-state index contributed by atoms with van der Waals surface area (Å²) in [6.45, 7) is 1.88. The van der Waals surface area contributed by atoms with Gasteiger partial charge in [-0.05, 0) is 42.9 Å². The van der Waals surface area contributed by atoms with E-state index < -0.39 is 15.7 Å². The lowest BCUT2D eigenvalue weighted by atomic mass is 10.2. The summed E-state index contributed by atoms with van der Waals surface area (Å²) in [5, 5.41) is 0. The molecule has 1 fully saturated rings. The van der Waals surface area contributed by atoms with Gasteiger partial charge in [0.2, 0.25) is 0 Å². The zero-order valence-electron chi connectivity index (χ0n) is 10.3. The van der Waals surface area contributed by atoms with E-state index in [-0.39, 0.29) is 10.6 Å². The highest BCUT2D eigenvalue weighted by Gasteiger charge is 2.49. The van der Waals surface area contributed by atoms with Crippen molar-refractivity contribution in [3.05, 3.63) is 53.6 Å². The second-order valence-corrected chi connectivity index (χ2v) is 6.45. The molecule has 0 radical (unpaired) electrons. The number of hydrogen-bond acceptors (Lipinski definition) is 2. The Morgan fingerprint density at radius 2 is 1.95 bits per heavy atom. The highest BCUT2D eigenvalue weighted by atomic mass is 32.2. The Kier molecular flexibility index (Phi) is 2.50. The minimum absolute atomic E-state index is 0.144. The third-order valence-electron chi connectivity index (χ3n) is 3.24. The minimum atomic E-state index is -3.73. The zero-order chi connectivity index (χ0) is 13.7. The molecule has 0 heterocycles. The molecule has 1 atom stereocenters. The Morgan fingerprint density at radius 1 is 1.26 bits per heavy atom. The highest BCUT2D eigenvalue weighted by molar-refractivity contribution is 7.90. The molecule has 5 heteroatoms. The van der Waals surface area contributed by atoms with Crippen molar-refractivity contribution >= 4 is 15.7 Å². The van der Waals surface area contributed by atoms with Crippen LogP contribution in [0.25, 0.3) is 0 Å². The largest absolute Gasteiger partial charge is 0.282 e. The number of sulfonamides is 1. The zero-order valence-corrected chi connectivity index (χ0v) is 11.1. The molecule has 0 spiro atoms. The summed E-state index contributed by atoms with van der Waals surface area (Å²) in [5.74, 6) is 0. The van der Waals surface area contributed by atoms with Crippen LogP contribution in [0.2, 0.25) is 0 Å². The van der Waals surface area contributed by atoms with Crippen LogP contribution in [0.3, 0.4) is 0 Å². The van der Waals surface area contributed by atoms with E-state index >= 15 is 0 Å². The summed E-state index contributed by atoms with van der Waals surface area (Å²) in [6.07, 6.45) is 4.63. The van der Waals surface area contributed by atoms with Gasteiger partial charge in [-0.25, -0.2) is 4.39 Å². The minimum Gasteiger partial charge on any atom is -0.234 e.